The average molecular weight is 1030 g/mol. The number of hydrogen-bond acceptors (Lipinski definition) is 6. The average Bonchev–Trinajstić information content (AvgIpc) is 3.41. The van der Waals surface area contributed by atoms with Gasteiger partial charge in [0.15, 0.2) is 6.10 Å². The third kappa shape index (κ3) is 59.8. The van der Waals surface area contributed by atoms with Crippen LogP contribution in [0.25, 0.3) is 0 Å². The molecule has 1 unspecified atom stereocenters. The van der Waals surface area contributed by atoms with Crippen molar-refractivity contribution < 1.29 is 28.6 Å². The number of carbonyl (C=O) groups is 3. The van der Waals surface area contributed by atoms with Crippen LogP contribution in [0.4, 0.5) is 0 Å². The van der Waals surface area contributed by atoms with Crippen molar-refractivity contribution in [2.45, 2.75) is 245 Å². The Balaban J connectivity index is 4.40. The van der Waals surface area contributed by atoms with Crippen LogP contribution in [0, 0.1) is 0 Å². The van der Waals surface area contributed by atoms with Crippen LogP contribution in [0.1, 0.15) is 239 Å². The number of ether oxygens (including phenoxy) is 3. The lowest BCUT2D eigenvalue weighted by Crippen LogP contribution is -2.30. The fourth-order valence-electron chi connectivity index (χ4n) is 7.58. The number of allylic oxidation sites excluding steroid dienone is 26. The first-order chi connectivity index (χ1) is 37.0. The van der Waals surface area contributed by atoms with Gasteiger partial charge < -0.3 is 14.2 Å². The molecular formula is C69H108O6. The van der Waals surface area contributed by atoms with Crippen LogP contribution in [0.15, 0.2) is 158 Å². The van der Waals surface area contributed by atoms with Gasteiger partial charge in [0, 0.05) is 19.3 Å². The highest BCUT2D eigenvalue weighted by Crippen LogP contribution is 2.13. The predicted octanol–water partition coefficient (Wildman–Crippen LogP) is 20.5. The largest absolute Gasteiger partial charge is 0.462 e. The minimum atomic E-state index is -0.827. The van der Waals surface area contributed by atoms with Gasteiger partial charge in [-0.1, -0.05) is 243 Å². The van der Waals surface area contributed by atoms with Gasteiger partial charge in [0.25, 0.3) is 0 Å². The van der Waals surface area contributed by atoms with Crippen molar-refractivity contribution in [3.63, 3.8) is 0 Å². The van der Waals surface area contributed by atoms with E-state index in [0.717, 1.165) is 148 Å². The molecule has 0 spiro atoms. The second-order valence-corrected chi connectivity index (χ2v) is 19.1. The van der Waals surface area contributed by atoms with Crippen LogP contribution < -0.4 is 0 Å². The lowest BCUT2D eigenvalue weighted by Gasteiger charge is -2.18. The molecular weight excluding hydrogens is 925 g/mol. The second-order valence-electron chi connectivity index (χ2n) is 19.1. The molecule has 0 heterocycles. The van der Waals surface area contributed by atoms with Gasteiger partial charge in [-0.2, -0.15) is 0 Å². The molecule has 0 radical (unpaired) electrons. The van der Waals surface area contributed by atoms with E-state index in [1.54, 1.807) is 0 Å². The first-order valence-electron chi connectivity index (χ1n) is 30.0. The van der Waals surface area contributed by atoms with Crippen molar-refractivity contribution in [2.24, 2.45) is 0 Å². The van der Waals surface area contributed by atoms with E-state index in [1.807, 2.05) is 12.2 Å². The normalized spacial score (nSPS) is 13.3. The summed E-state index contributed by atoms with van der Waals surface area (Å²) in [4.78, 5) is 38.1. The van der Waals surface area contributed by atoms with Crippen molar-refractivity contribution in [1.29, 1.82) is 0 Å². The Labute approximate surface area is 460 Å². The van der Waals surface area contributed by atoms with Crippen LogP contribution in [0.5, 0.6) is 0 Å². The fourth-order valence-corrected chi connectivity index (χ4v) is 7.58. The molecule has 1 atom stereocenters. The summed E-state index contributed by atoms with van der Waals surface area (Å²) < 4.78 is 16.8. The van der Waals surface area contributed by atoms with Crippen LogP contribution in [-0.4, -0.2) is 37.2 Å². The van der Waals surface area contributed by atoms with Gasteiger partial charge in [0.1, 0.15) is 13.2 Å². The summed E-state index contributed by atoms with van der Waals surface area (Å²) >= 11 is 0. The third-order valence-electron chi connectivity index (χ3n) is 12.0. The molecule has 420 valence electrons. The maximum Gasteiger partial charge on any atom is 0.306 e. The predicted molar refractivity (Wildman–Crippen MR) is 325 cm³/mol. The van der Waals surface area contributed by atoms with Crippen molar-refractivity contribution in [2.75, 3.05) is 13.2 Å². The quantitative estimate of drug-likeness (QED) is 0.0261. The van der Waals surface area contributed by atoms with E-state index >= 15 is 0 Å². The van der Waals surface area contributed by atoms with E-state index in [9.17, 15) is 14.4 Å². The number of hydrogen-bond donors (Lipinski definition) is 0. The van der Waals surface area contributed by atoms with Gasteiger partial charge in [-0.25, -0.2) is 0 Å². The topological polar surface area (TPSA) is 78.9 Å². The molecule has 0 N–H and O–H groups in total. The summed E-state index contributed by atoms with van der Waals surface area (Å²) in [6.45, 7) is 6.28. The molecule has 6 heteroatoms. The van der Waals surface area contributed by atoms with E-state index in [4.69, 9.17) is 14.2 Å². The lowest BCUT2D eigenvalue weighted by molar-refractivity contribution is -0.166. The Bertz CT molecular complexity index is 1710. The van der Waals surface area contributed by atoms with Gasteiger partial charge in [-0.05, 0) is 135 Å². The van der Waals surface area contributed by atoms with Gasteiger partial charge >= 0.3 is 17.9 Å². The molecule has 0 saturated carbocycles. The highest BCUT2D eigenvalue weighted by Gasteiger charge is 2.19. The standard InChI is InChI=1S/C69H108O6/c1-4-7-10-13-16-19-22-25-27-28-29-30-31-32-33-34-35-36-37-38-39-40-42-44-47-50-53-56-59-62-68(71)74-65-66(64-73-67(70)61-58-55-52-49-46-43-24-21-18-15-12-9-6-3)75-69(72)63-60-57-54-51-48-45-41-26-23-20-17-14-11-8-5-2/h7,9-10,12,16-21,25-27,29-30,32-33,35-36,38-39,41,43,46,52,55,66H,4-6,8,11,13-15,22-24,28,31,34,37,40,42,44-45,47-51,53-54,56-65H2,1-3H3/b10-7-,12-9-,19-16-,20-17-,21-18-,27-25-,30-29-,33-32-,36-35-,39-38-,41-26-,46-43-,55-52-. The lowest BCUT2D eigenvalue weighted by atomic mass is 10.1. The molecule has 0 fully saturated rings. The monoisotopic (exact) mass is 1030 g/mol. The summed E-state index contributed by atoms with van der Waals surface area (Å²) in [5, 5.41) is 0. The Hall–Kier alpha value is -4.97. The van der Waals surface area contributed by atoms with E-state index in [2.05, 4.69) is 167 Å². The van der Waals surface area contributed by atoms with Crippen LogP contribution in [0.2, 0.25) is 0 Å². The molecule has 0 aliphatic heterocycles. The van der Waals surface area contributed by atoms with Crippen molar-refractivity contribution in [3.05, 3.63) is 158 Å². The van der Waals surface area contributed by atoms with Gasteiger partial charge in [0.2, 0.25) is 0 Å². The van der Waals surface area contributed by atoms with E-state index < -0.39 is 6.10 Å². The van der Waals surface area contributed by atoms with Crippen LogP contribution in [-0.2, 0) is 28.6 Å². The molecule has 0 bridgehead atoms. The number of carbonyl (C=O) groups excluding carboxylic acids is 3. The minimum absolute atomic E-state index is 0.118. The molecule has 0 amide bonds. The molecule has 75 heavy (non-hydrogen) atoms. The molecule has 0 aromatic heterocycles. The summed E-state index contributed by atoms with van der Waals surface area (Å²) in [6.07, 6.45) is 89.7. The van der Waals surface area contributed by atoms with Crippen molar-refractivity contribution >= 4 is 17.9 Å². The number of rotatable bonds is 52. The molecule has 6 nitrogen and oxygen atoms in total. The maximum absolute atomic E-state index is 12.8. The molecule has 0 saturated heterocycles. The SMILES string of the molecule is CC/C=C\C/C=C\C/C=C\C/C=C\C/C=C\C/C=C\C/C=C\CCCCCCCCCC(=O)OCC(COC(=O)CC/C=C\C/C=C\C/C=C\C/C=C\CC)OC(=O)CCCCCCC/C=C\C/C=C\CCCCC. The van der Waals surface area contributed by atoms with Crippen LogP contribution >= 0.6 is 0 Å². The molecule has 0 aliphatic rings. The van der Waals surface area contributed by atoms with Crippen molar-refractivity contribution in [3.8, 4) is 0 Å². The molecule has 0 rings (SSSR count). The Morgan fingerprint density at radius 2 is 0.547 bits per heavy atom. The molecule has 0 aliphatic carbocycles. The summed E-state index contributed by atoms with van der Waals surface area (Å²) in [5.41, 5.74) is 0. The Morgan fingerprint density at radius 1 is 0.280 bits per heavy atom. The number of esters is 3. The van der Waals surface area contributed by atoms with E-state index in [-0.39, 0.29) is 44.0 Å². The smallest absolute Gasteiger partial charge is 0.306 e. The maximum atomic E-state index is 12.8. The highest BCUT2D eigenvalue weighted by molar-refractivity contribution is 5.71. The van der Waals surface area contributed by atoms with Gasteiger partial charge in [0.05, 0.1) is 0 Å². The summed E-state index contributed by atoms with van der Waals surface area (Å²) in [6, 6.07) is 0. The van der Waals surface area contributed by atoms with E-state index in [0.29, 0.717) is 12.8 Å². The van der Waals surface area contributed by atoms with Crippen molar-refractivity contribution in [1.82, 2.24) is 0 Å². The minimum Gasteiger partial charge on any atom is -0.462 e. The zero-order chi connectivity index (χ0) is 54.3. The van der Waals surface area contributed by atoms with E-state index in [1.165, 1.54) is 44.9 Å². The zero-order valence-electron chi connectivity index (χ0n) is 48.0. The fraction of sp³-hybridized carbons (Fsp3) is 0.580. The Kier molecular flexibility index (Phi) is 57.5. The Morgan fingerprint density at radius 3 is 0.893 bits per heavy atom. The van der Waals surface area contributed by atoms with Gasteiger partial charge in [-0.3, -0.25) is 14.4 Å². The van der Waals surface area contributed by atoms with Crippen LogP contribution in [0.3, 0.4) is 0 Å². The van der Waals surface area contributed by atoms with Gasteiger partial charge in [-0.15, -0.1) is 0 Å². The first-order valence-corrected chi connectivity index (χ1v) is 30.0. The highest BCUT2D eigenvalue weighted by atomic mass is 16.6. The molecule has 0 aromatic rings. The number of unbranched alkanes of at least 4 members (excludes halogenated alkanes) is 15. The first kappa shape index (κ1) is 70.0. The summed E-state index contributed by atoms with van der Waals surface area (Å²) in [5.74, 6) is -1.03. The zero-order valence-corrected chi connectivity index (χ0v) is 48.0. The summed E-state index contributed by atoms with van der Waals surface area (Å²) in [7, 11) is 0. The second kappa shape index (κ2) is 61.6. The third-order valence-corrected chi connectivity index (χ3v) is 12.0. The molecule has 0 aromatic carbocycles.